The molecule has 0 aliphatic rings. The standard InChI is InChI=1S/C66H106O6/c1-4-7-10-13-16-19-21-23-25-27-29-30-31-32-33-34-35-36-38-39-41-43-45-47-50-53-56-59-65(68)71-62-63(61-70-64(67)58-55-52-49-18-15-12-9-6-3)72-66(69)60-57-54-51-48-46-44-42-40-37-28-26-24-22-20-17-14-11-8-5-2/h7,10,16-17,19-20,23-26,29-30,32-33,35-37,39-41,45,47,63H,4-6,8-9,11-15,18,21-22,27-28,31,34,38,42-44,46,48-62H2,1-3H3/b10-7-,19-16-,20-17-,25-23-,26-24-,30-29-,33-32-,36-35-,40-37-,41-39-,47-45-. The quantitative estimate of drug-likeness (QED) is 0.0261. The molecule has 0 aliphatic heterocycles. The zero-order valence-corrected chi connectivity index (χ0v) is 46.4. The van der Waals surface area contributed by atoms with Gasteiger partial charge in [-0.1, -0.05) is 238 Å². The van der Waals surface area contributed by atoms with Crippen molar-refractivity contribution < 1.29 is 28.6 Å². The molecule has 0 aromatic heterocycles. The van der Waals surface area contributed by atoms with Gasteiger partial charge in [0.15, 0.2) is 6.10 Å². The van der Waals surface area contributed by atoms with Gasteiger partial charge in [0.1, 0.15) is 13.2 Å². The third-order valence-corrected chi connectivity index (χ3v) is 11.9. The second kappa shape index (κ2) is 59.1. The molecule has 0 aromatic rings. The van der Waals surface area contributed by atoms with Crippen molar-refractivity contribution in [2.45, 2.75) is 252 Å². The molecular weight excluding hydrogens is 889 g/mol. The summed E-state index contributed by atoms with van der Waals surface area (Å²) in [6.45, 7) is 6.41. The highest BCUT2D eigenvalue weighted by Crippen LogP contribution is 2.13. The van der Waals surface area contributed by atoms with Crippen LogP contribution in [-0.2, 0) is 28.6 Å². The molecule has 0 spiro atoms. The van der Waals surface area contributed by atoms with E-state index in [9.17, 15) is 14.4 Å². The Kier molecular flexibility index (Phi) is 55.5. The summed E-state index contributed by atoms with van der Waals surface area (Å²) in [7, 11) is 0. The second-order valence-electron chi connectivity index (χ2n) is 18.8. The van der Waals surface area contributed by atoms with Gasteiger partial charge in [-0.05, 0) is 122 Å². The Bertz CT molecular complexity index is 1560. The first kappa shape index (κ1) is 67.5. The first-order chi connectivity index (χ1) is 35.5. The summed E-state index contributed by atoms with van der Waals surface area (Å²) >= 11 is 0. The monoisotopic (exact) mass is 995 g/mol. The van der Waals surface area contributed by atoms with Gasteiger partial charge in [0.25, 0.3) is 0 Å². The van der Waals surface area contributed by atoms with E-state index in [-0.39, 0.29) is 31.1 Å². The van der Waals surface area contributed by atoms with Gasteiger partial charge in [0, 0.05) is 19.3 Å². The Balaban J connectivity index is 4.37. The summed E-state index contributed by atoms with van der Waals surface area (Å²) in [6.07, 6.45) is 83.1. The number of hydrogen-bond acceptors (Lipinski definition) is 6. The van der Waals surface area contributed by atoms with Gasteiger partial charge in [-0.25, -0.2) is 0 Å². The average molecular weight is 996 g/mol. The lowest BCUT2D eigenvalue weighted by atomic mass is 10.1. The highest BCUT2D eigenvalue weighted by atomic mass is 16.6. The van der Waals surface area contributed by atoms with Crippen LogP contribution >= 0.6 is 0 Å². The van der Waals surface area contributed by atoms with Crippen LogP contribution in [0, 0.1) is 0 Å². The summed E-state index contributed by atoms with van der Waals surface area (Å²) in [6, 6.07) is 0. The van der Waals surface area contributed by atoms with E-state index < -0.39 is 6.10 Å². The molecular formula is C66H106O6. The lowest BCUT2D eigenvalue weighted by Crippen LogP contribution is -2.30. The van der Waals surface area contributed by atoms with E-state index in [0.717, 1.165) is 128 Å². The summed E-state index contributed by atoms with van der Waals surface area (Å²) in [5, 5.41) is 0. The molecule has 0 saturated carbocycles. The van der Waals surface area contributed by atoms with E-state index in [4.69, 9.17) is 14.2 Å². The molecule has 6 nitrogen and oxygen atoms in total. The fraction of sp³-hybridized carbons (Fsp3) is 0.621. The maximum Gasteiger partial charge on any atom is 0.306 e. The van der Waals surface area contributed by atoms with E-state index in [0.29, 0.717) is 25.7 Å². The Morgan fingerprint density at radius 2 is 0.542 bits per heavy atom. The number of carbonyl (C=O) groups is 3. The second-order valence-corrected chi connectivity index (χ2v) is 18.8. The Labute approximate surface area is 443 Å². The fourth-order valence-corrected chi connectivity index (χ4v) is 7.52. The zero-order valence-electron chi connectivity index (χ0n) is 46.4. The van der Waals surface area contributed by atoms with E-state index in [1.54, 1.807) is 0 Å². The van der Waals surface area contributed by atoms with E-state index in [2.05, 4.69) is 154 Å². The van der Waals surface area contributed by atoms with Gasteiger partial charge in [0.2, 0.25) is 0 Å². The maximum absolute atomic E-state index is 12.8. The number of rotatable bonds is 51. The minimum atomic E-state index is -0.806. The van der Waals surface area contributed by atoms with Gasteiger partial charge >= 0.3 is 17.9 Å². The summed E-state index contributed by atoms with van der Waals surface area (Å²) in [5.41, 5.74) is 0. The van der Waals surface area contributed by atoms with Crippen molar-refractivity contribution in [3.05, 3.63) is 134 Å². The predicted octanol–water partition coefficient (Wildman–Crippen LogP) is 19.8. The van der Waals surface area contributed by atoms with Crippen molar-refractivity contribution in [2.24, 2.45) is 0 Å². The lowest BCUT2D eigenvalue weighted by molar-refractivity contribution is -0.167. The van der Waals surface area contributed by atoms with Gasteiger partial charge in [-0.3, -0.25) is 14.4 Å². The molecule has 0 radical (unpaired) electrons. The first-order valence-corrected chi connectivity index (χ1v) is 29.2. The van der Waals surface area contributed by atoms with Crippen molar-refractivity contribution in [3.63, 3.8) is 0 Å². The smallest absolute Gasteiger partial charge is 0.306 e. The molecule has 0 aromatic carbocycles. The minimum Gasteiger partial charge on any atom is -0.462 e. The summed E-state index contributed by atoms with van der Waals surface area (Å²) < 4.78 is 16.8. The topological polar surface area (TPSA) is 78.9 Å². The normalized spacial score (nSPS) is 13.1. The number of hydrogen-bond donors (Lipinski definition) is 0. The van der Waals surface area contributed by atoms with Crippen LogP contribution in [0.4, 0.5) is 0 Å². The number of unbranched alkanes of at least 4 members (excludes halogenated alkanes) is 18. The molecule has 0 saturated heterocycles. The Morgan fingerprint density at radius 3 is 0.903 bits per heavy atom. The lowest BCUT2D eigenvalue weighted by Gasteiger charge is -2.18. The van der Waals surface area contributed by atoms with Gasteiger partial charge < -0.3 is 14.2 Å². The van der Waals surface area contributed by atoms with Crippen LogP contribution in [0.3, 0.4) is 0 Å². The number of carbonyl (C=O) groups excluding carboxylic acids is 3. The van der Waals surface area contributed by atoms with Crippen LogP contribution in [0.5, 0.6) is 0 Å². The largest absolute Gasteiger partial charge is 0.462 e. The van der Waals surface area contributed by atoms with Gasteiger partial charge in [0.05, 0.1) is 0 Å². The number of allylic oxidation sites excluding steroid dienone is 22. The Hall–Kier alpha value is -4.45. The van der Waals surface area contributed by atoms with Gasteiger partial charge in [-0.2, -0.15) is 0 Å². The third kappa shape index (κ3) is 56.5. The van der Waals surface area contributed by atoms with Crippen LogP contribution in [0.25, 0.3) is 0 Å². The van der Waals surface area contributed by atoms with Crippen LogP contribution in [0.2, 0.25) is 0 Å². The van der Waals surface area contributed by atoms with Crippen molar-refractivity contribution in [1.29, 1.82) is 0 Å². The van der Waals surface area contributed by atoms with Gasteiger partial charge in [-0.15, -0.1) is 0 Å². The Morgan fingerprint density at radius 1 is 0.292 bits per heavy atom. The first-order valence-electron chi connectivity index (χ1n) is 29.2. The molecule has 1 atom stereocenters. The highest BCUT2D eigenvalue weighted by Gasteiger charge is 2.19. The predicted molar refractivity (Wildman–Crippen MR) is 311 cm³/mol. The maximum atomic E-state index is 12.8. The molecule has 0 heterocycles. The van der Waals surface area contributed by atoms with Crippen LogP contribution in [0.1, 0.15) is 245 Å². The third-order valence-electron chi connectivity index (χ3n) is 11.9. The molecule has 1 unspecified atom stereocenters. The van der Waals surface area contributed by atoms with E-state index in [1.807, 2.05) is 0 Å². The van der Waals surface area contributed by atoms with Crippen LogP contribution in [-0.4, -0.2) is 37.2 Å². The molecule has 0 bridgehead atoms. The van der Waals surface area contributed by atoms with Crippen molar-refractivity contribution in [1.82, 2.24) is 0 Å². The van der Waals surface area contributed by atoms with Crippen LogP contribution in [0.15, 0.2) is 134 Å². The molecule has 0 rings (SSSR count). The molecule has 72 heavy (non-hydrogen) atoms. The zero-order chi connectivity index (χ0) is 52.2. The minimum absolute atomic E-state index is 0.100. The molecule has 0 N–H and O–H groups in total. The number of ether oxygens (including phenoxy) is 3. The summed E-state index contributed by atoms with van der Waals surface area (Å²) in [4.78, 5) is 38.0. The van der Waals surface area contributed by atoms with Crippen molar-refractivity contribution >= 4 is 17.9 Å². The molecule has 0 amide bonds. The van der Waals surface area contributed by atoms with E-state index in [1.165, 1.54) is 70.6 Å². The fourth-order valence-electron chi connectivity index (χ4n) is 7.52. The molecule has 0 fully saturated rings. The van der Waals surface area contributed by atoms with E-state index >= 15 is 0 Å². The number of esters is 3. The SMILES string of the molecule is CC/C=C\C/C=C\C/C=C\C/C=C\C/C=C\C/C=C\C/C=C\C/C=C\CCCCC(=O)OCC(COC(=O)CCCCCCCCCC)OC(=O)CCCCCCCC/C=C\C/C=C\C/C=C\CCCCC. The van der Waals surface area contributed by atoms with Crippen molar-refractivity contribution in [2.75, 3.05) is 13.2 Å². The van der Waals surface area contributed by atoms with Crippen molar-refractivity contribution in [3.8, 4) is 0 Å². The van der Waals surface area contributed by atoms with Crippen LogP contribution < -0.4 is 0 Å². The molecule has 6 heteroatoms. The average Bonchev–Trinajstić information content (AvgIpc) is 3.38. The molecule has 406 valence electrons. The summed E-state index contributed by atoms with van der Waals surface area (Å²) in [5.74, 6) is -0.968. The molecule has 0 aliphatic carbocycles. The highest BCUT2D eigenvalue weighted by molar-refractivity contribution is 5.71.